The molecule has 2 saturated heterocycles. The fraction of sp³-hybridized carbons (Fsp3) is 0.943. The molecule has 0 bridgehead atoms. The molecule has 5 atom stereocenters. The van der Waals surface area contributed by atoms with Gasteiger partial charge in [0.15, 0.2) is 0 Å². The number of esters is 1. The van der Waals surface area contributed by atoms with Crippen LogP contribution in [-0.2, 0) is 58.1 Å². The van der Waals surface area contributed by atoms with Crippen LogP contribution in [0.15, 0.2) is 0 Å². The fourth-order valence-corrected chi connectivity index (χ4v) is 8.97. The third-order valence-corrected chi connectivity index (χ3v) is 11.5. The molecule has 2 rings (SSSR count). The number of cyclic esters (lactones) is 1. The second-order valence-corrected chi connectivity index (χ2v) is 17.7. The van der Waals surface area contributed by atoms with Crippen LogP contribution in [0.2, 0.25) is 0 Å². The van der Waals surface area contributed by atoms with Gasteiger partial charge < -0.3 is 23.3 Å². The van der Waals surface area contributed by atoms with Crippen LogP contribution in [0.4, 0.5) is 0 Å². The van der Waals surface area contributed by atoms with Gasteiger partial charge in [-0.1, -0.05) is 116 Å². The van der Waals surface area contributed by atoms with Crippen LogP contribution >= 0.6 is 0 Å². The summed E-state index contributed by atoms with van der Waals surface area (Å²) in [7, 11) is -16.6. The van der Waals surface area contributed by atoms with E-state index in [1.165, 1.54) is 0 Å². The predicted molar refractivity (Wildman–Crippen MR) is 195 cm³/mol. The topological polar surface area (TPSA) is 246 Å². The van der Waals surface area contributed by atoms with Crippen LogP contribution in [0.3, 0.4) is 0 Å². The van der Waals surface area contributed by atoms with E-state index < -0.39 is 55.6 Å². The van der Waals surface area contributed by atoms with Crippen LogP contribution < -0.4 is 88.7 Å². The van der Waals surface area contributed by atoms with Gasteiger partial charge in [0.2, 0.25) is 37.1 Å². The van der Waals surface area contributed by atoms with Crippen molar-refractivity contribution in [3.63, 3.8) is 0 Å². The molecule has 0 aromatic heterocycles. The molecule has 0 spiro atoms. The Morgan fingerprint density at radius 3 is 1.35 bits per heavy atom. The Bertz CT molecular complexity index is 1430. The van der Waals surface area contributed by atoms with Crippen molar-refractivity contribution in [2.45, 2.75) is 204 Å². The van der Waals surface area contributed by atoms with Gasteiger partial charge in [-0.25, -0.2) is 30.0 Å². The standard InChI is InChI=1S/C35H65NO15S3.3Na/c1-2-22-29-23-17-13-9-8-11-15-19-26-32(50-53(42,43)44)34(51-54(45,46)47)31(49-52(39,40)41)25-18-14-10-6-4-3-5-7-12-16-20-27-33(37)36-28-21-24-30(36)35(38)48-29;;;/h29-32,34H,2-28H2,1H3,(H,39,40,41)(H,42,43,44)(H,45,46,47);;;/q;3*+1/p-3/t29?,30-,31?,32?,34?;;;/m0.../s1. The molecule has 0 radical (unpaired) electrons. The van der Waals surface area contributed by atoms with Gasteiger partial charge in [-0.15, -0.1) is 0 Å². The van der Waals surface area contributed by atoms with Crippen molar-refractivity contribution >= 4 is 43.1 Å². The molecular formula is C35H62NNa3O15S3. The molecule has 16 nitrogen and oxygen atoms in total. The second-order valence-electron chi connectivity index (χ2n) is 14.6. The fourth-order valence-electron chi connectivity index (χ4n) is 7.43. The van der Waals surface area contributed by atoms with E-state index >= 15 is 0 Å². The molecule has 0 N–H and O–H groups in total. The molecule has 1 amide bonds. The van der Waals surface area contributed by atoms with E-state index in [1.807, 2.05) is 6.92 Å². The molecular weight excluding hydrogens is 840 g/mol. The van der Waals surface area contributed by atoms with Crippen molar-refractivity contribution < 1.29 is 154 Å². The summed E-state index contributed by atoms with van der Waals surface area (Å²) in [5, 5.41) is 0. The number of carbonyl (C=O) groups is 2. The van der Waals surface area contributed by atoms with Gasteiger partial charge in [0, 0.05) is 13.0 Å². The Kier molecular flexibility index (Phi) is 35.2. The summed E-state index contributed by atoms with van der Waals surface area (Å²) < 4.78 is 124. The zero-order chi connectivity index (χ0) is 40.0. The van der Waals surface area contributed by atoms with Crippen LogP contribution in [0, 0.1) is 0 Å². The Hall–Kier alpha value is 1.55. The van der Waals surface area contributed by atoms with Crippen LogP contribution in [0.5, 0.6) is 0 Å². The number of hydrogen-bond acceptors (Lipinski definition) is 15. The SMILES string of the molecule is CCCC1CCCCCCCCCC(OS(=O)(=O)[O-])C(OS(=O)(=O)[O-])C(OS(=O)(=O)[O-])CCCCCCCCCCCCCC(=O)N2CCC[C@H]2C(=O)O1.[Na+].[Na+].[Na+]. The monoisotopic (exact) mass is 901 g/mol. The zero-order valence-corrected chi connectivity index (χ0v) is 43.2. The molecule has 0 aromatic rings. The molecule has 2 heterocycles. The van der Waals surface area contributed by atoms with Gasteiger partial charge in [-0.2, -0.15) is 0 Å². The molecule has 2 aliphatic heterocycles. The molecule has 22 heteroatoms. The van der Waals surface area contributed by atoms with Gasteiger partial charge >= 0.3 is 94.6 Å². The smallest absolute Gasteiger partial charge is 0.726 e. The van der Waals surface area contributed by atoms with E-state index in [9.17, 15) is 48.5 Å². The van der Waals surface area contributed by atoms with Gasteiger partial charge in [0.1, 0.15) is 30.5 Å². The minimum absolute atomic E-state index is 0. The summed E-state index contributed by atoms with van der Waals surface area (Å²) >= 11 is 0. The van der Waals surface area contributed by atoms with E-state index in [1.54, 1.807) is 4.90 Å². The first-order chi connectivity index (χ1) is 25.5. The molecule has 57 heavy (non-hydrogen) atoms. The van der Waals surface area contributed by atoms with Gasteiger partial charge in [-0.05, 0) is 51.4 Å². The Balaban J connectivity index is 0. The van der Waals surface area contributed by atoms with E-state index in [-0.39, 0.29) is 132 Å². The van der Waals surface area contributed by atoms with Crippen LogP contribution in [0.1, 0.15) is 174 Å². The van der Waals surface area contributed by atoms with E-state index in [0.29, 0.717) is 51.5 Å². The van der Waals surface area contributed by atoms with Gasteiger partial charge in [0.05, 0.1) is 0 Å². The van der Waals surface area contributed by atoms with Crippen LogP contribution in [0.25, 0.3) is 0 Å². The average Bonchev–Trinajstić information content (AvgIpc) is 3.56. The Morgan fingerprint density at radius 1 is 0.561 bits per heavy atom. The minimum Gasteiger partial charge on any atom is -0.726 e. The maximum Gasteiger partial charge on any atom is 1.00 e. The number of rotatable bonds is 8. The number of hydrogen-bond donors (Lipinski definition) is 0. The molecule has 318 valence electrons. The molecule has 0 aromatic carbocycles. The number of nitrogens with zero attached hydrogens (tertiary/aromatic N) is 1. The zero-order valence-electron chi connectivity index (χ0n) is 34.8. The van der Waals surface area contributed by atoms with Crippen molar-refractivity contribution in [1.82, 2.24) is 4.90 Å². The molecule has 0 saturated carbocycles. The Labute approximate surface area is 408 Å². The van der Waals surface area contributed by atoms with Crippen molar-refractivity contribution in [2.75, 3.05) is 6.54 Å². The summed E-state index contributed by atoms with van der Waals surface area (Å²) in [6, 6.07) is -0.523. The van der Waals surface area contributed by atoms with Crippen molar-refractivity contribution in [1.29, 1.82) is 0 Å². The van der Waals surface area contributed by atoms with Crippen molar-refractivity contribution in [3.8, 4) is 0 Å². The average molecular weight is 902 g/mol. The summed E-state index contributed by atoms with van der Waals surface area (Å²) in [5.74, 6) is -0.309. The first kappa shape index (κ1) is 60.6. The third-order valence-electron chi connectivity index (χ3n) is 10.1. The molecule has 4 unspecified atom stereocenters. The van der Waals surface area contributed by atoms with E-state index in [0.717, 1.165) is 96.3 Å². The summed E-state index contributed by atoms with van der Waals surface area (Å²) in [5.41, 5.74) is 0. The second kappa shape index (κ2) is 33.1. The maximum atomic E-state index is 13.2. The summed E-state index contributed by atoms with van der Waals surface area (Å²) in [6.45, 7) is 2.60. The number of fused-ring (bicyclic) bond motifs is 1. The quantitative estimate of drug-likeness (QED) is 0.101. The van der Waals surface area contributed by atoms with Crippen molar-refractivity contribution in [2.24, 2.45) is 0 Å². The summed E-state index contributed by atoms with van der Waals surface area (Å²) in [6.07, 6.45) is 10.7. The minimum atomic E-state index is -5.60. The van der Waals surface area contributed by atoms with Gasteiger partial charge in [0.25, 0.3) is 0 Å². The third kappa shape index (κ3) is 29.5. The largest absolute Gasteiger partial charge is 1.00 e. The van der Waals surface area contributed by atoms with E-state index in [2.05, 4.69) is 12.5 Å². The van der Waals surface area contributed by atoms with Crippen LogP contribution in [-0.4, -0.2) is 92.7 Å². The van der Waals surface area contributed by atoms with Crippen molar-refractivity contribution in [3.05, 3.63) is 0 Å². The normalized spacial score (nSPS) is 26.2. The molecule has 0 aliphatic carbocycles. The number of ether oxygens (including phenoxy) is 1. The summed E-state index contributed by atoms with van der Waals surface area (Å²) in [4.78, 5) is 27.9. The first-order valence-electron chi connectivity index (χ1n) is 19.9. The first-order valence-corrected chi connectivity index (χ1v) is 23.9. The number of carbonyl (C=O) groups excluding carboxylic acids is 2. The molecule has 2 aliphatic rings. The van der Waals surface area contributed by atoms with Gasteiger partial charge in [-0.3, -0.25) is 17.3 Å². The Morgan fingerprint density at radius 2 is 0.947 bits per heavy atom. The predicted octanol–water partition coefficient (Wildman–Crippen LogP) is -3.17. The van der Waals surface area contributed by atoms with E-state index in [4.69, 9.17) is 4.74 Å². The number of amides is 1. The molecule has 2 fully saturated rings. The maximum absolute atomic E-state index is 13.2.